The molecule has 4 unspecified atom stereocenters. The van der Waals surface area contributed by atoms with Gasteiger partial charge in [-0.15, -0.1) is 0 Å². The Kier molecular flexibility index (Phi) is 5.19. The van der Waals surface area contributed by atoms with Crippen LogP contribution in [0.2, 0.25) is 0 Å². The van der Waals surface area contributed by atoms with Gasteiger partial charge in [-0.25, -0.2) is 0 Å². The van der Waals surface area contributed by atoms with Crippen LogP contribution in [0.4, 0.5) is 0 Å². The summed E-state index contributed by atoms with van der Waals surface area (Å²) in [5.41, 5.74) is 0. The van der Waals surface area contributed by atoms with Crippen LogP contribution in [0.25, 0.3) is 0 Å². The number of hydrogen-bond donors (Lipinski definition) is 1. The van der Waals surface area contributed by atoms with Gasteiger partial charge in [-0.05, 0) is 37.7 Å². The Bertz CT molecular complexity index is 252. The van der Waals surface area contributed by atoms with Gasteiger partial charge in [-0.1, -0.05) is 17.9 Å². The molecule has 1 saturated carbocycles. The summed E-state index contributed by atoms with van der Waals surface area (Å²) < 4.78 is 4.90. The first-order valence-electron chi connectivity index (χ1n) is 4.90. The van der Waals surface area contributed by atoms with Gasteiger partial charge in [0.15, 0.2) is 0 Å². The van der Waals surface area contributed by atoms with E-state index in [4.69, 9.17) is 9.63 Å². The van der Waals surface area contributed by atoms with Crippen molar-refractivity contribution in [2.24, 2.45) is 11.8 Å². The van der Waals surface area contributed by atoms with Crippen LogP contribution in [0, 0.1) is 23.7 Å². The van der Waals surface area contributed by atoms with E-state index in [0.29, 0.717) is 18.4 Å². The molecule has 0 bridgehead atoms. The average molecular weight is 212 g/mol. The fraction of sp³-hybridized carbons (Fsp3) is 0.636. The van der Waals surface area contributed by atoms with Gasteiger partial charge in [0.05, 0.1) is 0 Å². The van der Waals surface area contributed by atoms with E-state index >= 15 is 0 Å². The van der Waals surface area contributed by atoms with Crippen molar-refractivity contribution in [3.63, 3.8) is 0 Å². The lowest BCUT2D eigenvalue weighted by atomic mass is 10.2. The SMILES string of the molecule is CC(C#C/C=C/CC1CC1CO)OP. The largest absolute Gasteiger partial charge is 0.396 e. The van der Waals surface area contributed by atoms with Gasteiger partial charge >= 0.3 is 0 Å². The highest BCUT2D eigenvalue weighted by Crippen LogP contribution is 2.40. The molecule has 3 heteroatoms. The molecule has 78 valence electrons. The summed E-state index contributed by atoms with van der Waals surface area (Å²) in [7, 11) is 2.20. The van der Waals surface area contributed by atoms with E-state index in [1.54, 1.807) is 0 Å². The highest BCUT2D eigenvalue weighted by Gasteiger charge is 2.34. The third-order valence-electron chi connectivity index (χ3n) is 2.43. The predicted molar refractivity (Wildman–Crippen MR) is 60.5 cm³/mol. The standard InChI is InChI=1S/C11H17O2P/c1-9(13-14)5-3-2-4-6-10-7-11(10)8-12/h2,4,9-12H,6-8,14H2,1H3/b4-2+. The molecule has 1 aliphatic rings. The first-order valence-corrected chi connectivity index (χ1v) is 5.37. The molecular weight excluding hydrogens is 195 g/mol. The van der Waals surface area contributed by atoms with Crippen LogP contribution in [0.15, 0.2) is 12.2 Å². The first kappa shape index (κ1) is 11.7. The normalized spacial score (nSPS) is 27.1. The van der Waals surface area contributed by atoms with Crippen molar-refractivity contribution in [3.8, 4) is 11.8 Å². The molecule has 0 aromatic rings. The second kappa shape index (κ2) is 6.19. The lowest BCUT2D eigenvalue weighted by Crippen LogP contribution is -1.94. The Hall–Kier alpha value is -0.350. The smallest absolute Gasteiger partial charge is 0.119 e. The van der Waals surface area contributed by atoms with Crippen molar-refractivity contribution < 1.29 is 9.63 Å². The molecule has 1 rings (SSSR count). The van der Waals surface area contributed by atoms with Crippen molar-refractivity contribution in [1.82, 2.24) is 0 Å². The number of hydrogen-bond acceptors (Lipinski definition) is 2. The number of rotatable bonds is 4. The van der Waals surface area contributed by atoms with Gasteiger partial charge in [0.2, 0.25) is 0 Å². The lowest BCUT2D eigenvalue weighted by Gasteiger charge is -1.95. The van der Waals surface area contributed by atoms with E-state index in [9.17, 15) is 0 Å². The Balaban J connectivity index is 2.11. The van der Waals surface area contributed by atoms with Gasteiger partial charge in [0.25, 0.3) is 0 Å². The zero-order chi connectivity index (χ0) is 10.4. The minimum atomic E-state index is -0.0317. The molecule has 0 radical (unpaired) electrons. The Morgan fingerprint density at radius 1 is 1.64 bits per heavy atom. The summed E-state index contributed by atoms with van der Waals surface area (Å²) in [6.07, 6.45) is 6.11. The van der Waals surface area contributed by atoms with Crippen LogP contribution in [0.5, 0.6) is 0 Å². The van der Waals surface area contributed by atoms with Crippen LogP contribution in [-0.2, 0) is 4.52 Å². The molecule has 2 nitrogen and oxygen atoms in total. The molecule has 1 fully saturated rings. The molecule has 0 saturated heterocycles. The molecule has 14 heavy (non-hydrogen) atoms. The van der Waals surface area contributed by atoms with Crippen LogP contribution in [0.1, 0.15) is 19.8 Å². The second-order valence-electron chi connectivity index (χ2n) is 3.64. The van der Waals surface area contributed by atoms with Crippen LogP contribution in [0.3, 0.4) is 0 Å². The third kappa shape index (κ3) is 4.24. The Morgan fingerprint density at radius 2 is 2.43 bits per heavy atom. The van der Waals surface area contributed by atoms with E-state index in [1.165, 1.54) is 6.42 Å². The Labute approximate surface area is 88.0 Å². The van der Waals surface area contributed by atoms with Gasteiger partial charge < -0.3 is 9.63 Å². The maximum atomic E-state index is 8.81. The highest BCUT2D eigenvalue weighted by atomic mass is 31.0. The van der Waals surface area contributed by atoms with Gasteiger partial charge in [0.1, 0.15) is 6.10 Å². The van der Waals surface area contributed by atoms with E-state index in [2.05, 4.69) is 27.4 Å². The van der Waals surface area contributed by atoms with Crippen LogP contribution >= 0.6 is 9.47 Å². The minimum Gasteiger partial charge on any atom is -0.396 e. The van der Waals surface area contributed by atoms with Gasteiger partial charge in [0, 0.05) is 16.1 Å². The summed E-state index contributed by atoms with van der Waals surface area (Å²) >= 11 is 0. The minimum absolute atomic E-state index is 0.0317. The molecule has 4 atom stereocenters. The molecule has 0 amide bonds. The highest BCUT2D eigenvalue weighted by molar-refractivity contribution is 7.09. The van der Waals surface area contributed by atoms with E-state index < -0.39 is 0 Å². The second-order valence-corrected chi connectivity index (χ2v) is 3.92. The van der Waals surface area contributed by atoms with Crippen LogP contribution < -0.4 is 0 Å². The lowest BCUT2D eigenvalue weighted by molar-refractivity contribution is 0.269. The maximum Gasteiger partial charge on any atom is 0.119 e. The van der Waals surface area contributed by atoms with Gasteiger partial charge in [-0.3, -0.25) is 0 Å². The zero-order valence-corrected chi connectivity index (χ0v) is 9.60. The quantitative estimate of drug-likeness (QED) is 0.568. The van der Waals surface area contributed by atoms with Crippen molar-refractivity contribution in [2.45, 2.75) is 25.9 Å². The third-order valence-corrected chi connectivity index (χ3v) is 2.84. The monoisotopic (exact) mass is 212 g/mol. The van der Waals surface area contributed by atoms with Crippen molar-refractivity contribution >= 4 is 9.47 Å². The summed E-state index contributed by atoms with van der Waals surface area (Å²) in [6.45, 7) is 2.23. The van der Waals surface area contributed by atoms with Crippen LogP contribution in [-0.4, -0.2) is 17.8 Å². The predicted octanol–water partition coefficient (Wildman–Crippen LogP) is 1.76. The van der Waals surface area contributed by atoms with Crippen molar-refractivity contribution in [2.75, 3.05) is 6.61 Å². The van der Waals surface area contributed by atoms with Crippen molar-refractivity contribution in [3.05, 3.63) is 12.2 Å². The number of allylic oxidation sites excluding steroid dienone is 2. The molecule has 0 aromatic carbocycles. The fourth-order valence-corrected chi connectivity index (χ4v) is 1.39. The average Bonchev–Trinajstić information content (AvgIpc) is 2.95. The first-order chi connectivity index (χ1) is 6.77. The molecule has 0 aromatic heterocycles. The van der Waals surface area contributed by atoms with E-state index in [-0.39, 0.29) is 6.10 Å². The zero-order valence-electron chi connectivity index (χ0n) is 8.44. The summed E-state index contributed by atoms with van der Waals surface area (Å²) in [4.78, 5) is 0. The molecule has 1 N–H and O–H groups in total. The topological polar surface area (TPSA) is 29.5 Å². The number of aliphatic hydroxyl groups excluding tert-OH is 1. The fourth-order valence-electron chi connectivity index (χ4n) is 1.32. The van der Waals surface area contributed by atoms with E-state index in [1.807, 2.05) is 13.0 Å². The summed E-state index contributed by atoms with van der Waals surface area (Å²) in [6, 6.07) is 0. The summed E-state index contributed by atoms with van der Waals surface area (Å²) in [5.74, 6) is 7.07. The Morgan fingerprint density at radius 3 is 3.00 bits per heavy atom. The maximum absolute atomic E-state index is 8.81. The molecule has 0 spiro atoms. The number of aliphatic hydroxyl groups is 1. The van der Waals surface area contributed by atoms with Gasteiger partial charge in [-0.2, -0.15) is 0 Å². The molecule has 0 heterocycles. The van der Waals surface area contributed by atoms with Crippen molar-refractivity contribution in [1.29, 1.82) is 0 Å². The summed E-state index contributed by atoms with van der Waals surface area (Å²) in [5, 5.41) is 8.81. The molecule has 0 aliphatic heterocycles. The molecule has 1 aliphatic carbocycles. The van der Waals surface area contributed by atoms with E-state index in [0.717, 1.165) is 6.42 Å². The molecular formula is C11H17O2P.